The third kappa shape index (κ3) is 8.13. The van der Waals surface area contributed by atoms with Crippen LogP contribution < -0.4 is 42.4 Å². The van der Waals surface area contributed by atoms with Crippen molar-refractivity contribution in [2.75, 3.05) is 51.4 Å². The quantitative estimate of drug-likeness (QED) is 0.128. The molecule has 4 aromatic rings. The molecule has 0 spiro atoms. The predicted octanol–water partition coefficient (Wildman–Crippen LogP) is 3.87. The Morgan fingerprint density at radius 3 is 1.04 bits per heavy atom. The summed E-state index contributed by atoms with van der Waals surface area (Å²) in [5.74, 6) is 0. The van der Waals surface area contributed by atoms with Gasteiger partial charge in [-0.1, -0.05) is 0 Å². The second-order valence-electron chi connectivity index (χ2n) is 11.8. The van der Waals surface area contributed by atoms with E-state index < -0.39 is 30.1 Å². The molecule has 0 atom stereocenters. The standard InChI is InChI=1S/C17H24N4O2S.C15H20N4O4S2/c1-10-15(18)11(2)17(12(3)16(10)19)24(22,23)20-13-6-8-14(9-7-13)21(4)5;1-8-13(16)9(2)15(10(3)14(8)17)25(22,23)19-11-4-6-12(7-5-11)24(18,20)21/h6-9,20H,18-19H2,1-5H3;4-7,19H,16-17H2,1-3H3,(H2,18,20,21). The van der Waals surface area contributed by atoms with Crippen molar-refractivity contribution in [1.82, 2.24) is 0 Å². The van der Waals surface area contributed by atoms with Crippen LogP contribution in [0, 0.1) is 41.5 Å². The fraction of sp³-hybridized carbons (Fsp3) is 0.250. The summed E-state index contributed by atoms with van der Waals surface area (Å²) >= 11 is 0. The lowest BCUT2D eigenvalue weighted by Gasteiger charge is -2.19. The third-order valence-electron chi connectivity index (χ3n) is 8.20. The van der Waals surface area contributed by atoms with E-state index in [-0.39, 0.29) is 20.4 Å². The topological polar surface area (TPSA) is 260 Å². The zero-order chi connectivity index (χ0) is 37.4. The number of benzene rings is 4. The van der Waals surface area contributed by atoms with Gasteiger partial charge in [0.15, 0.2) is 0 Å². The fourth-order valence-electron chi connectivity index (χ4n) is 5.23. The summed E-state index contributed by atoms with van der Waals surface area (Å²) in [6, 6.07) is 12.2. The molecule has 4 rings (SSSR count). The van der Waals surface area contributed by atoms with Gasteiger partial charge < -0.3 is 27.8 Å². The molecule has 12 N–H and O–H groups in total. The number of hydrogen-bond acceptors (Lipinski definition) is 11. The van der Waals surface area contributed by atoms with Crippen LogP contribution in [0.25, 0.3) is 0 Å². The molecular weight excluding hydrogens is 689 g/mol. The Morgan fingerprint density at radius 2 is 0.776 bits per heavy atom. The molecule has 0 radical (unpaired) electrons. The van der Waals surface area contributed by atoms with E-state index in [0.29, 0.717) is 61.8 Å². The van der Waals surface area contributed by atoms with Crippen molar-refractivity contribution in [3.8, 4) is 0 Å². The number of sulfonamides is 3. The first-order valence-electron chi connectivity index (χ1n) is 14.7. The first-order valence-corrected chi connectivity index (χ1v) is 19.2. The van der Waals surface area contributed by atoms with E-state index in [9.17, 15) is 25.3 Å². The second kappa shape index (κ2) is 14.0. The van der Waals surface area contributed by atoms with Crippen molar-refractivity contribution in [3.05, 3.63) is 81.9 Å². The molecule has 266 valence electrons. The van der Waals surface area contributed by atoms with Crippen molar-refractivity contribution < 1.29 is 25.3 Å². The SMILES string of the molecule is Cc1c(N)c(C)c(S(=O)(=O)Nc2ccc(N(C)C)cc2)c(C)c1N.Cc1c(N)c(C)c(S(=O)(=O)Nc2ccc(S(N)(=O)=O)cc2)c(C)c1N. The number of nitrogens with two attached hydrogens (primary N) is 5. The Hall–Kier alpha value is -4.71. The van der Waals surface area contributed by atoms with Crippen LogP contribution in [0.1, 0.15) is 33.4 Å². The summed E-state index contributed by atoms with van der Waals surface area (Å²) in [7, 11) is -7.78. The Labute approximate surface area is 288 Å². The van der Waals surface area contributed by atoms with E-state index in [1.54, 1.807) is 53.7 Å². The summed E-state index contributed by atoms with van der Waals surface area (Å²) in [6.45, 7) is 10.1. The van der Waals surface area contributed by atoms with Crippen LogP contribution in [0.15, 0.2) is 63.2 Å². The number of nitrogen functional groups attached to an aromatic ring is 4. The third-order valence-corrected chi connectivity index (χ3v) is 12.4. The fourth-order valence-corrected chi connectivity index (χ4v) is 8.89. The van der Waals surface area contributed by atoms with Crippen LogP contribution in [0.3, 0.4) is 0 Å². The molecule has 0 amide bonds. The Bertz CT molecular complexity index is 2180. The van der Waals surface area contributed by atoms with Gasteiger partial charge >= 0.3 is 0 Å². The zero-order valence-electron chi connectivity index (χ0n) is 28.6. The van der Waals surface area contributed by atoms with Crippen LogP contribution in [-0.2, 0) is 30.1 Å². The number of nitrogens with zero attached hydrogens (tertiary/aromatic N) is 1. The van der Waals surface area contributed by atoms with Gasteiger partial charge in [0.1, 0.15) is 0 Å². The van der Waals surface area contributed by atoms with Gasteiger partial charge in [0.05, 0.1) is 14.7 Å². The van der Waals surface area contributed by atoms with Gasteiger partial charge in [0.25, 0.3) is 20.0 Å². The molecular formula is C32H44N8O6S3. The minimum absolute atomic E-state index is 0.00335. The molecule has 4 aromatic carbocycles. The monoisotopic (exact) mass is 732 g/mol. The van der Waals surface area contributed by atoms with Gasteiger partial charge in [-0.2, -0.15) is 0 Å². The molecule has 0 aromatic heterocycles. The highest BCUT2D eigenvalue weighted by Gasteiger charge is 2.26. The molecule has 0 unspecified atom stereocenters. The van der Waals surface area contributed by atoms with Gasteiger partial charge in [-0.05, 0) is 123 Å². The van der Waals surface area contributed by atoms with Crippen LogP contribution in [-0.4, -0.2) is 39.3 Å². The van der Waals surface area contributed by atoms with Gasteiger partial charge in [0, 0.05) is 53.9 Å². The molecule has 14 nitrogen and oxygen atoms in total. The van der Waals surface area contributed by atoms with Crippen LogP contribution in [0.2, 0.25) is 0 Å². The average molecular weight is 733 g/mol. The predicted molar refractivity (Wildman–Crippen MR) is 199 cm³/mol. The van der Waals surface area contributed by atoms with Crippen LogP contribution >= 0.6 is 0 Å². The van der Waals surface area contributed by atoms with Crippen molar-refractivity contribution in [2.24, 2.45) is 5.14 Å². The normalized spacial score (nSPS) is 11.8. The lowest BCUT2D eigenvalue weighted by molar-refractivity contribution is 0.597. The maximum Gasteiger partial charge on any atom is 0.262 e. The van der Waals surface area contributed by atoms with E-state index >= 15 is 0 Å². The number of anilines is 7. The van der Waals surface area contributed by atoms with Gasteiger partial charge in [-0.3, -0.25) is 9.44 Å². The smallest absolute Gasteiger partial charge is 0.262 e. The zero-order valence-corrected chi connectivity index (χ0v) is 31.1. The maximum atomic E-state index is 12.8. The maximum absolute atomic E-state index is 12.8. The van der Waals surface area contributed by atoms with Gasteiger partial charge in [0.2, 0.25) is 10.0 Å². The van der Waals surface area contributed by atoms with Crippen LogP contribution in [0.4, 0.5) is 39.8 Å². The summed E-state index contributed by atoms with van der Waals surface area (Å²) < 4.78 is 78.8. The van der Waals surface area contributed by atoms with Crippen molar-refractivity contribution in [1.29, 1.82) is 0 Å². The molecule has 0 aliphatic rings. The van der Waals surface area contributed by atoms with E-state index in [4.69, 9.17) is 28.1 Å². The molecule has 49 heavy (non-hydrogen) atoms. The van der Waals surface area contributed by atoms with Crippen LogP contribution in [0.5, 0.6) is 0 Å². The Kier molecular flexibility index (Phi) is 11.1. The summed E-state index contributed by atoms with van der Waals surface area (Å²) in [4.78, 5) is 1.96. The van der Waals surface area contributed by atoms with Crippen molar-refractivity contribution in [3.63, 3.8) is 0 Å². The van der Waals surface area contributed by atoms with Crippen molar-refractivity contribution in [2.45, 2.75) is 56.2 Å². The van der Waals surface area contributed by atoms with E-state index in [0.717, 1.165) is 5.69 Å². The number of hydrogen-bond donors (Lipinski definition) is 7. The molecule has 0 saturated heterocycles. The van der Waals surface area contributed by atoms with E-state index in [2.05, 4.69) is 9.44 Å². The number of rotatable bonds is 8. The molecule has 0 aliphatic heterocycles. The van der Waals surface area contributed by atoms with Crippen molar-refractivity contribution >= 4 is 69.9 Å². The second-order valence-corrected chi connectivity index (χ2v) is 16.6. The van der Waals surface area contributed by atoms with E-state index in [1.165, 1.54) is 24.3 Å². The van der Waals surface area contributed by atoms with Gasteiger partial charge in [-0.15, -0.1) is 0 Å². The minimum Gasteiger partial charge on any atom is -0.398 e. The Morgan fingerprint density at radius 1 is 0.490 bits per heavy atom. The van der Waals surface area contributed by atoms with E-state index in [1.807, 2.05) is 31.1 Å². The first-order chi connectivity index (χ1) is 22.4. The molecule has 0 saturated carbocycles. The number of primary sulfonamides is 1. The lowest BCUT2D eigenvalue weighted by Crippen LogP contribution is -2.18. The summed E-state index contributed by atoms with van der Waals surface area (Å²) in [6.07, 6.45) is 0. The first kappa shape index (κ1) is 38.7. The highest BCUT2D eigenvalue weighted by molar-refractivity contribution is 7.93. The Balaban J connectivity index is 0.000000266. The highest BCUT2D eigenvalue weighted by Crippen LogP contribution is 2.36. The molecule has 0 fully saturated rings. The summed E-state index contributed by atoms with van der Waals surface area (Å²) in [5.41, 5.74) is 30.2. The molecule has 0 bridgehead atoms. The molecule has 17 heteroatoms. The lowest BCUT2D eigenvalue weighted by atomic mass is 10.0. The largest absolute Gasteiger partial charge is 0.398 e. The average Bonchev–Trinajstić information content (AvgIpc) is 3.00. The van der Waals surface area contributed by atoms with Gasteiger partial charge in [-0.25, -0.2) is 30.4 Å². The molecule has 0 heterocycles. The minimum atomic E-state index is -3.98. The highest BCUT2D eigenvalue weighted by atomic mass is 32.2. The number of nitrogens with one attached hydrogen (secondary N) is 2. The molecule has 0 aliphatic carbocycles. The summed E-state index contributed by atoms with van der Waals surface area (Å²) in [5, 5.41) is 5.02.